The van der Waals surface area contributed by atoms with E-state index < -0.39 is 0 Å². The van der Waals surface area contributed by atoms with Gasteiger partial charge in [-0.15, -0.1) is 0 Å². The minimum absolute atomic E-state index is 0.215. The van der Waals surface area contributed by atoms with Crippen molar-refractivity contribution >= 4 is 17.3 Å². The second-order valence-electron chi connectivity index (χ2n) is 6.47. The minimum atomic E-state index is -0.267. The lowest BCUT2D eigenvalue weighted by atomic mass is 9.97. The molecule has 24 heavy (non-hydrogen) atoms. The van der Waals surface area contributed by atoms with E-state index in [9.17, 15) is 4.79 Å². The zero-order valence-electron chi connectivity index (χ0n) is 14.1. The van der Waals surface area contributed by atoms with E-state index in [2.05, 4.69) is 46.5 Å². The van der Waals surface area contributed by atoms with Crippen LogP contribution in [0.4, 0.5) is 5.69 Å². The normalized spacial score (nSPS) is 21.6. The van der Waals surface area contributed by atoms with E-state index in [1.54, 1.807) is 13.2 Å². The predicted molar refractivity (Wildman–Crippen MR) is 97.4 cm³/mol. The highest BCUT2D eigenvalue weighted by molar-refractivity contribution is 6.32. The van der Waals surface area contributed by atoms with Gasteiger partial charge in [-0.05, 0) is 25.3 Å². The van der Waals surface area contributed by atoms with Crippen molar-refractivity contribution in [2.24, 2.45) is 7.05 Å². The Morgan fingerprint density at radius 2 is 2.08 bits per heavy atom. The Hall–Kier alpha value is -1.85. The molecule has 1 saturated heterocycles. The van der Waals surface area contributed by atoms with Gasteiger partial charge in [0.25, 0.3) is 5.56 Å². The fraction of sp³-hybridized carbons (Fsp3) is 0.444. The van der Waals surface area contributed by atoms with Gasteiger partial charge < -0.3 is 5.32 Å². The maximum Gasteiger partial charge on any atom is 0.287 e. The third-order valence-corrected chi connectivity index (χ3v) is 5.05. The number of benzene rings is 1. The molecule has 0 bridgehead atoms. The van der Waals surface area contributed by atoms with E-state index in [0.717, 1.165) is 25.9 Å². The summed E-state index contributed by atoms with van der Waals surface area (Å²) >= 11 is 6.14. The van der Waals surface area contributed by atoms with Crippen LogP contribution in [-0.2, 0) is 13.6 Å². The van der Waals surface area contributed by atoms with Gasteiger partial charge in [-0.3, -0.25) is 9.69 Å². The molecule has 2 aromatic rings. The minimum Gasteiger partial charge on any atom is -0.380 e. The number of hydrogen-bond donors (Lipinski definition) is 1. The van der Waals surface area contributed by atoms with Gasteiger partial charge in [0.15, 0.2) is 0 Å². The van der Waals surface area contributed by atoms with Crippen LogP contribution < -0.4 is 10.9 Å². The highest BCUT2D eigenvalue weighted by Gasteiger charge is 2.26. The Morgan fingerprint density at radius 3 is 2.79 bits per heavy atom. The summed E-state index contributed by atoms with van der Waals surface area (Å²) in [5, 5.41) is 7.65. The molecule has 1 aliphatic rings. The van der Waals surface area contributed by atoms with Crippen molar-refractivity contribution in [1.29, 1.82) is 0 Å². The van der Waals surface area contributed by atoms with Gasteiger partial charge in [0, 0.05) is 32.2 Å². The van der Waals surface area contributed by atoms with Gasteiger partial charge >= 0.3 is 0 Å². The largest absolute Gasteiger partial charge is 0.380 e. The molecule has 2 heterocycles. The van der Waals surface area contributed by atoms with E-state index in [4.69, 9.17) is 11.6 Å². The molecule has 1 aromatic carbocycles. The fourth-order valence-corrected chi connectivity index (χ4v) is 3.46. The summed E-state index contributed by atoms with van der Waals surface area (Å²) in [7, 11) is 1.60. The van der Waals surface area contributed by atoms with Crippen LogP contribution >= 0.6 is 11.6 Å². The fourth-order valence-electron chi connectivity index (χ4n) is 3.24. The molecule has 1 N–H and O–H groups in total. The first kappa shape index (κ1) is 17.0. The maximum atomic E-state index is 11.9. The summed E-state index contributed by atoms with van der Waals surface area (Å²) < 4.78 is 1.25. The maximum absolute atomic E-state index is 11.9. The van der Waals surface area contributed by atoms with Gasteiger partial charge in [-0.2, -0.15) is 5.10 Å². The number of halogens is 1. The van der Waals surface area contributed by atoms with Gasteiger partial charge in [0.05, 0.1) is 11.9 Å². The zero-order chi connectivity index (χ0) is 17.1. The van der Waals surface area contributed by atoms with Crippen LogP contribution in [0.5, 0.6) is 0 Å². The molecule has 1 fully saturated rings. The summed E-state index contributed by atoms with van der Waals surface area (Å²) in [6.45, 7) is 4.24. The van der Waals surface area contributed by atoms with Crippen molar-refractivity contribution in [3.05, 3.63) is 57.5 Å². The van der Waals surface area contributed by atoms with Gasteiger partial charge in [0.2, 0.25) is 0 Å². The van der Waals surface area contributed by atoms with Crippen molar-refractivity contribution in [2.45, 2.75) is 38.4 Å². The first-order valence-electron chi connectivity index (χ1n) is 8.31. The van der Waals surface area contributed by atoms with Crippen LogP contribution in [0.3, 0.4) is 0 Å². The van der Waals surface area contributed by atoms with E-state index in [1.807, 2.05) is 6.07 Å². The third kappa shape index (κ3) is 3.79. The number of hydrogen-bond acceptors (Lipinski definition) is 4. The van der Waals surface area contributed by atoms with Gasteiger partial charge in [-0.25, -0.2) is 4.68 Å². The number of aryl methyl sites for hydroxylation is 1. The lowest BCUT2D eigenvalue weighted by Gasteiger charge is -2.38. The monoisotopic (exact) mass is 346 g/mol. The van der Waals surface area contributed by atoms with E-state index in [-0.39, 0.29) is 10.6 Å². The molecule has 6 heteroatoms. The summed E-state index contributed by atoms with van der Waals surface area (Å²) in [6, 6.07) is 11.3. The van der Waals surface area contributed by atoms with Crippen LogP contribution in [-0.4, -0.2) is 33.3 Å². The molecule has 3 rings (SSSR count). The molecule has 2 atom stereocenters. The van der Waals surface area contributed by atoms with Crippen LogP contribution in [0, 0.1) is 0 Å². The predicted octanol–water partition coefficient (Wildman–Crippen LogP) is 2.90. The molecule has 1 aromatic heterocycles. The van der Waals surface area contributed by atoms with Gasteiger partial charge in [0.1, 0.15) is 5.02 Å². The summed E-state index contributed by atoms with van der Waals surface area (Å²) in [4.78, 5) is 14.4. The molecule has 1 aliphatic heterocycles. The van der Waals surface area contributed by atoms with Crippen LogP contribution in [0.15, 0.2) is 41.3 Å². The van der Waals surface area contributed by atoms with Crippen molar-refractivity contribution in [2.75, 3.05) is 11.9 Å². The molecule has 0 radical (unpaired) electrons. The number of nitrogens with zero attached hydrogens (tertiary/aromatic N) is 3. The molecule has 0 aliphatic carbocycles. The summed E-state index contributed by atoms with van der Waals surface area (Å²) in [5.41, 5.74) is 1.71. The third-order valence-electron chi connectivity index (χ3n) is 4.68. The topological polar surface area (TPSA) is 50.2 Å². The number of nitrogens with one attached hydrogen (secondary N) is 1. The SMILES string of the molecule is C[C@@H]1C[C@@H](Nc2cnn(C)c(=O)c2Cl)CCN1Cc1ccccc1. The second-order valence-corrected chi connectivity index (χ2v) is 6.85. The Balaban J connectivity index is 1.62. The summed E-state index contributed by atoms with van der Waals surface area (Å²) in [5.74, 6) is 0. The van der Waals surface area contributed by atoms with Crippen molar-refractivity contribution < 1.29 is 0 Å². The molecule has 0 saturated carbocycles. The van der Waals surface area contributed by atoms with Crippen molar-refractivity contribution in [1.82, 2.24) is 14.7 Å². The molecule has 0 spiro atoms. The zero-order valence-corrected chi connectivity index (χ0v) is 14.8. The Morgan fingerprint density at radius 1 is 1.33 bits per heavy atom. The van der Waals surface area contributed by atoms with Crippen LogP contribution in [0.1, 0.15) is 25.3 Å². The average Bonchev–Trinajstić information content (AvgIpc) is 2.59. The van der Waals surface area contributed by atoms with E-state index in [1.165, 1.54) is 10.2 Å². The molecule has 128 valence electrons. The molecule has 5 nitrogen and oxygen atoms in total. The smallest absolute Gasteiger partial charge is 0.287 e. The number of aromatic nitrogens is 2. The van der Waals surface area contributed by atoms with Gasteiger partial charge in [-0.1, -0.05) is 41.9 Å². The highest BCUT2D eigenvalue weighted by atomic mass is 35.5. The Bertz CT molecular complexity index is 746. The first-order valence-corrected chi connectivity index (χ1v) is 8.68. The molecule has 0 unspecified atom stereocenters. The van der Waals surface area contributed by atoms with Crippen molar-refractivity contribution in [3.63, 3.8) is 0 Å². The second kappa shape index (κ2) is 7.36. The molecular weight excluding hydrogens is 324 g/mol. The van der Waals surface area contributed by atoms with Crippen LogP contribution in [0.2, 0.25) is 5.02 Å². The molecule has 0 amide bonds. The lowest BCUT2D eigenvalue weighted by molar-refractivity contribution is 0.144. The summed E-state index contributed by atoms with van der Waals surface area (Å²) in [6.07, 6.45) is 3.66. The Kier molecular flexibility index (Phi) is 5.21. The first-order chi connectivity index (χ1) is 11.5. The lowest BCUT2D eigenvalue weighted by Crippen LogP contribution is -2.44. The number of rotatable bonds is 4. The van der Waals surface area contributed by atoms with E-state index >= 15 is 0 Å². The number of anilines is 1. The van der Waals surface area contributed by atoms with Crippen molar-refractivity contribution in [3.8, 4) is 0 Å². The average molecular weight is 347 g/mol. The number of likely N-dealkylation sites (tertiary alicyclic amines) is 1. The number of piperidine rings is 1. The standard InChI is InChI=1S/C18H23ClN4O/c1-13-10-15(21-16-11-20-22(2)18(24)17(16)19)8-9-23(13)12-14-6-4-3-5-7-14/h3-7,11,13,15,21H,8-10,12H2,1-2H3/t13-,15+/m1/s1. The van der Waals surface area contributed by atoms with E-state index in [0.29, 0.717) is 17.8 Å². The molecular formula is C18H23ClN4O. The quantitative estimate of drug-likeness (QED) is 0.924. The van der Waals surface area contributed by atoms with Crippen LogP contribution in [0.25, 0.3) is 0 Å². The highest BCUT2D eigenvalue weighted by Crippen LogP contribution is 2.24. The Labute approximate surface area is 147 Å².